The summed E-state index contributed by atoms with van der Waals surface area (Å²) in [5.74, 6) is -0.564. The summed E-state index contributed by atoms with van der Waals surface area (Å²) < 4.78 is 14.2. The lowest BCUT2D eigenvalue weighted by molar-refractivity contribution is -0.120. The fourth-order valence-electron chi connectivity index (χ4n) is 1.50. The molecule has 0 aliphatic heterocycles. The summed E-state index contributed by atoms with van der Waals surface area (Å²) in [4.78, 5) is 15.7. The molecular weight excluding hydrogens is 333 g/mol. The maximum Gasteiger partial charge on any atom is 0.226 e. The van der Waals surface area contributed by atoms with Crippen LogP contribution in [0.15, 0.2) is 28.1 Å². The molecule has 0 saturated carbocycles. The number of anilines is 1. The fraction of sp³-hybridized carbons (Fsp3) is 0.167. The number of nitrogens with one attached hydrogen (secondary N) is 1. The standard InChI is InChI=1S/C12H11BrFN3OS/c13-8-1-2-10(14)7(3-8)5-16-11(18)4-9-6-19-12(15)17-9/h1-3,6H,4-5H2,(H2,15,17)(H,16,18). The van der Waals surface area contributed by atoms with Crippen molar-refractivity contribution in [2.45, 2.75) is 13.0 Å². The largest absolute Gasteiger partial charge is 0.375 e. The number of amides is 1. The van der Waals surface area contributed by atoms with Crippen LogP contribution in [0.1, 0.15) is 11.3 Å². The second kappa shape index (κ2) is 6.12. The van der Waals surface area contributed by atoms with E-state index in [1.807, 2.05) is 0 Å². The van der Waals surface area contributed by atoms with Crippen LogP contribution in [0.4, 0.5) is 9.52 Å². The van der Waals surface area contributed by atoms with Crippen LogP contribution in [0.5, 0.6) is 0 Å². The molecule has 0 bridgehead atoms. The summed E-state index contributed by atoms with van der Waals surface area (Å²) in [6.45, 7) is 0.143. The third-order valence-electron chi connectivity index (χ3n) is 2.39. The fourth-order valence-corrected chi connectivity index (χ4v) is 2.47. The predicted molar refractivity (Wildman–Crippen MR) is 76.2 cm³/mol. The van der Waals surface area contributed by atoms with Crippen molar-refractivity contribution in [2.24, 2.45) is 0 Å². The smallest absolute Gasteiger partial charge is 0.226 e. The highest BCUT2D eigenvalue weighted by Gasteiger charge is 2.08. The molecule has 1 heterocycles. The van der Waals surface area contributed by atoms with Crippen LogP contribution in [-0.2, 0) is 17.8 Å². The highest BCUT2D eigenvalue weighted by Crippen LogP contribution is 2.15. The van der Waals surface area contributed by atoms with E-state index in [-0.39, 0.29) is 24.7 Å². The van der Waals surface area contributed by atoms with Crippen LogP contribution in [0.3, 0.4) is 0 Å². The van der Waals surface area contributed by atoms with E-state index >= 15 is 0 Å². The zero-order chi connectivity index (χ0) is 13.8. The third-order valence-corrected chi connectivity index (χ3v) is 3.61. The van der Waals surface area contributed by atoms with E-state index in [1.54, 1.807) is 17.5 Å². The molecule has 0 aliphatic carbocycles. The number of nitrogens with two attached hydrogens (primary N) is 1. The van der Waals surface area contributed by atoms with Crippen LogP contribution in [0, 0.1) is 5.82 Å². The number of hydrogen-bond donors (Lipinski definition) is 2. The Kier molecular flexibility index (Phi) is 4.49. The average Bonchev–Trinajstić information content (AvgIpc) is 2.76. The van der Waals surface area contributed by atoms with Crippen molar-refractivity contribution in [1.29, 1.82) is 0 Å². The predicted octanol–water partition coefficient (Wildman–Crippen LogP) is 2.49. The van der Waals surface area contributed by atoms with Gasteiger partial charge in [-0.3, -0.25) is 4.79 Å². The molecule has 2 aromatic rings. The van der Waals surface area contributed by atoms with E-state index in [2.05, 4.69) is 26.2 Å². The van der Waals surface area contributed by atoms with Crippen LogP contribution in [-0.4, -0.2) is 10.9 Å². The molecule has 4 nitrogen and oxygen atoms in total. The number of benzene rings is 1. The van der Waals surface area contributed by atoms with E-state index in [4.69, 9.17) is 5.73 Å². The van der Waals surface area contributed by atoms with Gasteiger partial charge in [0.05, 0.1) is 12.1 Å². The van der Waals surface area contributed by atoms with E-state index in [1.165, 1.54) is 17.4 Å². The van der Waals surface area contributed by atoms with Crippen molar-refractivity contribution in [3.8, 4) is 0 Å². The molecule has 0 unspecified atom stereocenters. The van der Waals surface area contributed by atoms with Gasteiger partial charge < -0.3 is 11.1 Å². The quantitative estimate of drug-likeness (QED) is 0.895. The Morgan fingerprint density at radius 1 is 1.53 bits per heavy atom. The Morgan fingerprint density at radius 3 is 3.00 bits per heavy atom. The second-order valence-corrected chi connectivity index (χ2v) is 5.67. The number of rotatable bonds is 4. The average molecular weight is 344 g/mol. The molecule has 0 radical (unpaired) electrons. The van der Waals surface area contributed by atoms with Gasteiger partial charge in [-0.2, -0.15) is 0 Å². The van der Waals surface area contributed by atoms with Crippen molar-refractivity contribution in [3.63, 3.8) is 0 Å². The molecule has 100 valence electrons. The van der Waals surface area contributed by atoms with Gasteiger partial charge in [0.2, 0.25) is 5.91 Å². The van der Waals surface area contributed by atoms with Gasteiger partial charge >= 0.3 is 0 Å². The molecule has 1 amide bonds. The zero-order valence-electron chi connectivity index (χ0n) is 9.82. The van der Waals surface area contributed by atoms with Gasteiger partial charge in [-0.15, -0.1) is 11.3 Å². The summed E-state index contributed by atoms with van der Waals surface area (Å²) in [5.41, 5.74) is 6.53. The lowest BCUT2D eigenvalue weighted by atomic mass is 10.2. The molecule has 3 N–H and O–H groups in total. The summed E-state index contributed by atoms with van der Waals surface area (Å²) >= 11 is 4.54. The third kappa shape index (κ3) is 4.00. The first-order valence-electron chi connectivity index (χ1n) is 5.45. The molecule has 19 heavy (non-hydrogen) atoms. The number of thiazole rings is 1. The normalized spacial score (nSPS) is 10.4. The lowest BCUT2D eigenvalue weighted by Crippen LogP contribution is -2.25. The number of carbonyl (C=O) groups is 1. The molecule has 0 spiro atoms. The first kappa shape index (κ1) is 14.0. The van der Waals surface area contributed by atoms with Gasteiger partial charge in [-0.25, -0.2) is 9.37 Å². The van der Waals surface area contributed by atoms with Gasteiger partial charge in [0.25, 0.3) is 0 Å². The Labute approximate surface area is 122 Å². The van der Waals surface area contributed by atoms with Crippen molar-refractivity contribution in [3.05, 3.63) is 45.1 Å². The van der Waals surface area contributed by atoms with Crippen molar-refractivity contribution >= 4 is 38.3 Å². The monoisotopic (exact) mass is 343 g/mol. The summed E-state index contributed by atoms with van der Waals surface area (Å²) in [5, 5.41) is 4.81. The van der Waals surface area contributed by atoms with E-state index in [9.17, 15) is 9.18 Å². The Balaban J connectivity index is 1.91. The molecule has 1 aromatic heterocycles. The van der Waals surface area contributed by atoms with Crippen molar-refractivity contribution in [1.82, 2.24) is 10.3 Å². The van der Waals surface area contributed by atoms with Gasteiger partial charge in [-0.1, -0.05) is 15.9 Å². The van der Waals surface area contributed by atoms with Crippen LogP contribution >= 0.6 is 27.3 Å². The zero-order valence-corrected chi connectivity index (χ0v) is 12.2. The first-order chi connectivity index (χ1) is 9.04. The molecule has 0 atom stereocenters. The minimum absolute atomic E-state index is 0.142. The minimum Gasteiger partial charge on any atom is -0.375 e. The first-order valence-corrected chi connectivity index (χ1v) is 7.12. The summed E-state index contributed by atoms with van der Waals surface area (Å²) in [7, 11) is 0. The van der Waals surface area contributed by atoms with Crippen LogP contribution < -0.4 is 11.1 Å². The molecule has 0 saturated heterocycles. The number of aromatic nitrogens is 1. The van der Waals surface area contributed by atoms with Crippen molar-refractivity contribution in [2.75, 3.05) is 5.73 Å². The molecule has 1 aromatic carbocycles. The molecule has 7 heteroatoms. The highest BCUT2D eigenvalue weighted by molar-refractivity contribution is 9.10. The molecular formula is C12H11BrFN3OS. The number of carbonyl (C=O) groups excluding carboxylic acids is 1. The summed E-state index contributed by atoms with van der Waals surface area (Å²) in [6.07, 6.45) is 0.142. The maximum absolute atomic E-state index is 13.5. The number of hydrogen-bond acceptors (Lipinski definition) is 4. The second-order valence-electron chi connectivity index (χ2n) is 3.87. The molecule has 2 rings (SSSR count). The molecule has 0 aliphatic rings. The lowest BCUT2D eigenvalue weighted by Gasteiger charge is -2.06. The van der Waals surface area contributed by atoms with Gasteiger partial charge in [0.15, 0.2) is 5.13 Å². The molecule has 0 fully saturated rings. The van der Waals surface area contributed by atoms with E-state index < -0.39 is 0 Å². The van der Waals surface area contributed by atoms with Crippen LogP contribution in [0.2, 0.25) is 0 Å². The van der Waals surface area contributed by atoms with Gasteiger partial charge in [0.1, 0.15) is 5.82 Å². The van der Waals surface area contributed by atoms with E-state index in [0.29, 0.717) is 16.4 Å². The Hall–Kier alpha value is -1.47. The number of nitrogen functional groups attached to an aromatic ring is 1. The summed E-state index contributed by atoms with van der Waals surface area (Å²) in [6, 6.07) is 4.60. The van der Waals surface area contributed by atoms with Crippen molar-refractivity contribution < 1.29 is 9.18 Å². The topological polar surface area (TPSA) is 68.0 Å². The maximum atomic E-state index is 13.5. The van der Waals surface area contributed by atoms with E-state index in [0.717, 1.165) is 4.47 Å². The highest BCUT2D eigenvalue weighted by atomic mass is 79.9. The number of nitrogens with zero attached hydrogens (tertiary/aromatic N) is 1. The van der Waals surface area contributed by atoms with Crippen LogP contribution in [0.25, 0.3) is 0 Å². The Bertz CT molecular complexity index is 602. The number of halogens is 2. The SMILES string of the molecule is Nc1nc(CC(=O)NCc2cc(Br)ccc2F)cs1. The van der Waals surface area contributed by atoms with Gasteiger partial charge in [-0.05, 0) is 18.2 Å². The Morgan fingerprint density at radius 2 is 2.32 bits per heavy atom. The van der Waals surface area contributed by atoms with Gasteiger partial charge in [0, 0.05) is 22.0 Å². The minimum atomic E-state index is -0.346.